The highest BCUT2D eigenvalue weighted by Crippen LogP contribution is 2.31. The molecule has 0 radical (unpaired) electrons. The minimum Gasteiger partial charge on any atom is -0.383 e. The Kier molecular flexibility index (Phi) is 5.43. The van der Waals surface area contributed by atoms with E-state index in [1.165, 1.54) is 0 Å². The van der Waals surface area contributed by atoms with Crippen molar-refractivity contribution in [2.45, 2.75) is 53.1 Å². The number of tetrazole rings is 1. The van der Waals surface area contributed by atoms with Gasteiger partial charge < -0.3 is 10.1 Å². The first-order valence-corrected chi connectivity index (χ1v) is 6.74. The quantitative estimate of drug-likeness (QED) is 0.761. The third kappa shape index (κ3) is 5.24. The van der Waals surface area contributed by atoms with Crippen LogP contribution in [0.5, 0.6) is 0 Å². The topological polar surface area (TPSA) is 64.9 Å². The fourth-order valence-electron chi connectivity index (χ4n) is 2.53. The van der Waals surface area contributed by atoms with Gasteiger partial charge in [0.15, 0.2) is 5.82 Å². The zero-order valence-electron chi connectivity index (χ0n) is 13.0. The Hall–Kier alpha value is -1.01. The average molecular weight is 269 g/mol. The molecule has 6 nitrogen and oxygen atoms in total. The predicted molar refractivity (Wildman–Crippen MR) is 74.8 cm³/mol. The molecule has 0 aliphatic heterocycles. The van der Waals surface area contributed by atoms with Gasteiger partial charge in [0.05, 0.1) is 18.7 Å². The Bertz CT molecular complexity index is 381. The molecule has 0 fully saturated rings. The second kappa shape index (κ2) is 6.43. The molecule has 0 aromatic carbocycles. The molecule has 1 N–H and O–H groups in total. The van der Waals surface area contributed by atoms with Crippen molar-refractivity contribution in [2.24, 2.45) is 5.41 Å². The van der Waals surface area contributed by atoms with Gasteiger partial charge in [0.1, 0.15) is 0 Å². The highest BCUT2D eigenvalue weighted by Gasteiger charge is 2.30. The first-order valence-electron chi connectivity index (χ1n) is 6.74. The molecule has 0 aliphatic carbocycles. The molecule has 19 heavy (non-hydrogen) atoms. The van der Waals surface area contributed by atoms with Gasteiger partial charge in [-0.25, -0.2) is 4.68 Å². The van der Waals surface area contributed by atoms with Crippen molar-refractivity contribution in [1.29, 1.82) is 0 Å². The molecule has 0 amide bonds. The third-order valence-corrected chi connectivity index (χ3v) is 2.84. The first-order chi connectivity index (χ1) is 8.76. The Morgan fingerprint density at radius 1 is 1.21 bits per heavy atom. The van der Waals surface area contributed by atoms with E-state index in [9.17, 15) is 0 Å². The summed E-state index contributed by atoms with van der Waals surface area (Å²) in [5.41, 5.74) is 0.135. The van der Waals surface area contributed by atoms with E-state index in [-0.39, 0.29) is 11.0 Å². The molecule has 0 bridgehead atoms. The zero-order chi connectivity index (χ0) is 14.5. The maximum Gasteiger partial charge on any atom is 0.165 e. The van der Waals surface area contributed by atoms with E-state index in [1.54, 1.807) is 7.11 Å². The average Bonchev–Trinajstić information content (AvgIpc) is 2.70. The maximum atomic E-state index is 5.00. The van der Waals surface area contributed by atoms with Gasteiger partial charge >= 0.3 is 0 Å². The molecule has 0 spiro atoms. The van der Waals surface area contributed by atoms with E-state index in [1.807, 2.05) is 4.68 Å². The zero-order valence-corrected chi connectivity index (χ0v) is 13.0. The molecule has 1 heterocycles. The van der Waals surface area contributed by atoms with Crippen LogP contribution in [0, 0.1) is 5.41 Å². The third-order valence-electron chi connectivity index (χ3n) is 2.84. The molecule has 1 rings (SSSR count). The van der Waals surface area contributed by atoms with Crippen molar-refractivity contribution in [3.63, 3.8) is 0 Å². The second-order valence-electron chi connectivity index (χ2n) is 6.73. The van der Waals surface area contributed by atoms with E-state index in [4.69, 9.17) is 4.74 Å². The number of nitrogens with zero attached hydrogens (tertiary/aromatic N) is 4. The summed E-state index contributed by atoms with van der Waals surface area (Å²) in [5, 5.41) is 15.3. The molecule has 6 heteroatoms. The number of nitrogens with one attached hydrogen (secondary N) is 1. The lowest BCUT2D eigenvalue weighted by Gasteiger charge is -2.32. The number of ether oxygens (including phenoxy) is 1. The summed E-state index contributed by atoms with van der Waals surface area (Å²) in [4.78, 5) is 0. The monoisotopic (exact) mass is 269 g/mol. The summed E-state index contributed by atoms with van der Waals surface area (Å²) in [6.07, 6.45) is 1.01. The van der Waals surface area contributed by atoms with Gasteiger partial charge in [0.2, 0.25) is 0 Å². The number of aromatic nitrogens is 4. The predicted octanol–water partition coefficient (Wildman–Crippen LogP) is 1.58. The van der Waals surface area contributed by atoms with Crippen LogP contribution in [0.3, 0.4) is 0 Å². The molecule has 0 saturated heterocycles. The largest absolute Gasteiger partial charge is 0.383 e. The minimum atomic E-state index is -0.0972. The number of hydrogen-bond donors (Lipinski definition) is 1. The van der Waals surface area contributed by atoms with Crippen molar-refractivity contribution in [2.75, 3.05) is 20.3 Å². The summed E-state index contributed by atoms with van der Waals surface area (Å²) < 4.78 is 6.93. The Morgan fingerprint density at radius 2 is 1.89 bits per heavy atom. The summed E-state index contributed by atoms with van der Waals surface area (Å²) in [6, 6.07) is 0. The molecule has 0 unspecified atom stereocenters. The van der Waals surface area contributed by atoms with Crippen LogP contribution in [0.1, 0.15) is 46.9 Å². The second-order valence-corrected chi connectivity index (χ2v) is 6.73. The van der Waals surface area contributed by atoms with Gasteiger partial charge in [-0.15, -0.1) is 5.10 Å². The van der Waals surface area contributed by atoms with Gasteiger partial charge in [0.25, 0.3) is 0 Å². The van der Waals surface area contributed by atoms with Crippen molar-refractivity contribution >= 4 is 0 Å². The SMILES string of the molecule is COCCNCc1nnnn1C(C)(C)CC(C)(C)C. The molecule has 110 valence electrons. The van der Waals surface area contributed by atoms with Gasteiger partial charge in [-0.2, -0.15) is 0 Å². The Labute approximate surface area is 115 Å². The van der Waals surface area contributed by atoms with Gasteiger partial charge in [-0.3, -0.25) is 0 Å². The summed E-state index contributed by atoms with van der Waals surface area (Å²) >= 11 is 0. The molecular weight excluding hydrogens is 242 g/mol. The summed E-state index contributed by atoms with van der Waals surface area (Å²) in [7, 11) is 1.69. The molecule has 0 saturated carbocycles. The lowest BCUT2D eigenvalue weighted by atomic mass is 9.82. The van der Waals surface area contributed by atoms with Crippen LogP contribution in [0.4, 0.5) is 0 Å². The Morgan fingerprint density at radius 3 is 2.47 bits per heavy atom. The van der Waals surface area contributed by atoms with E-state index in [0.29, 0.717) is 13.2 Å². The smallest absolute Gasteiger partial charge is 0.165 e. The van der Waals surface area contributed by atoms with Crippen molar-refractivity contribution in [1.82, 2.24) is 25.5 Å². The number of hydrogen-bond acceptors (Lipinski definition) is 5. The van der Waals surface area contributed by atoms with Crippen molar-refractivity contribution in [3.8, 4) is 0 Å². The standard InChI is InChI=1S/C13H27N5O/c1-12(2,3)10-13(4,5)18-11(15-16-17-18)9-14-7-8-19-6/h14H,7-10H2,1-6H3. The summed E-state index contributed by atoms with van der Waals surface area (Å²) in [6.45, 7) is 13.2. The fraction of sp³-hybridized carbons (Fsp3) is 0.923. The van der Waals surface area contributed by atoms with Crippen LogP contribution in [0.15, 0.2) is 0 Å². The van der Waals surface area contributed by atoms with Crippen LogP contribution in [-0.2, 0) is 16.8 Å². The molecular formula is C13H27N5O. The number of methoxy groups -OCH3 is 1. The number of rotatable bonds is 7. The molecule has 0 atom stereocenters. The maximum absolute atomic E-state index is 5.00. The normalized spacial score (nSPS) is 12.9. The van der Waals surface area contributed by atoms with E-state index in [2.05, 4.69) is 55.5 Å². The summed E-state index contributed by atoms with van der Waals surface area (Å²) in [5.74, 6) is 0.866. The fourth-order valence-corrected chi connectivity index (χ4v) is 2.53. The van der Waals surface area contributed by atoms with E-state index < -0.39 is 0 Å². The molecule has 1 aromatic rings. The highest BCUT2D eigenvalue weighted by atomic mass is 16.5. The van der Waals surface area contributed by atoms with Crippen LogP contribution in [0.2, 0.25) is 0 Å². The van der Waals surface area contributed by atoms with E-state index >= 15 is 0 Å². The molecule has 1 aromatic heterocycles. The lowest BCUT2D eigenvalue weighted by Crippen LogP contribution is -2.35. The van der Waals surface area contributed by atoms with Gasteiger partial charge in [0, 0.05) is 13.7 Å². The minimum absolute atomic E-state index is 0.0972. The molecule has 0 aliphatic rings. The van der Waals surface area contributed by atoms with Crippen molar-refractivity contribution < 1.29 is 4.74 Å². The van der Waals surface area contributed by atoms with Gasteiger partial charge in [-0.05, 0) is 36.1 Å². The van der Waals surface area contributed by atoms with Crippen molar-refractivity contribution in [3.05, 3.63) is 5.82 Å². The highest BCUT2D eigenvalue weighted by molar-refractivity contribution is 4.90. The Balaban J connectivity index is 2.70. The lowest BCUT2D eigenvalue weighted by molar-refractivity contribution is 0.186. The first kappa shape index (κ1) is 16.0. The van der Waals surface area contributed by atoms with Crippen LogP contribution < -0.4 is 5.32 Å². The van der Waals surface area contributed by atoms with Crippen LogP contribution >= 0.6 is 0 Å². The van der Waals surface area contributed by atoms with Gasteiger partial charge in [-0.1, -0.05) is 20.8 Å². The van der Waals surface area contributed by atoms with E-state index in [0.717, 1.165) is 18.8 Å². The van der Waals surface area contributed by atoms with Crippen LogP contribution in [0.25, 0.3) is 0 Å². The van der Waals surface area contributed by atoms with Crippen LogP contribution in [-0.4, -0.2) is 40.5 Å².